The molecular formula is C14H17FN2O. The van der Waals surface area contributed by atoms with Crippen molar-refractivity contribution in [3.05, 3.63) is 29.6 Å². The molecule has 0 aliphatic heterocycles. The average molecular weight is 248 g/mol. The SMILES string of the molecule is CC(CNC1CC1)COc1ccc(C#N)c(F)c1. The van der Waals surface area contributed by atoms with Crippen molar-refractivity contribution in [3.63, 3.8) is 0 Å². The van der Waals surface area contributed by atoms with Gasteiger partial charge in [0.2, 0.25) is 0 Å². The Labute approximate surface area is 107 Å². The summed E-state index contributed by atoms with van der Waals surface area (Å²) in [7, 11) is 0. The molecule has 0 saturated heterocycles. The molecule has 1 aromatic carbocycles. The van der Waals surface area contributed by atoms with Gasteiger partial charge in [0, 0.05) is 24.6 Å². The third-order valence-electron chi connectivity index (χ3n) is 2.93. The van der Waals surface area contributed by atoms with Gasteiger partial charge in [-0.1, -0.05) is 6.92 Å². The van der Waals surface area contributed by atoms with Gasteiger partial charge in [0.05, 0.1) is 12.2 Å². The van der Waals surface area contributed by atoms with Crippen LogP contribution in [0.25, 0.3) is 0 Å². The first-order chi connectivity index (χ1) is 8.69. The van der Waals surface area contributed by atoms with Gasteiger partial charge in [-0.05, 0) is 25.0 Å². The largest absolute Gasteiger partial charge is 0.493 e. The lowest BCUT2D eigenvalue weighted by molar-refractivity contribution is 0.254. The van der Waals surface area contributed by atoms with E-state index in [4.69, 9.17) is 10.00 Å². The number of nitrogens with zero attached hydrogens (tertiary/aromatic N) is 1. The maximum atomic E-state index is 13.3. The summed E-state index contributed by atoms with van der Waals surface area (Å²) in [5.74, 6) is 0.327. The summed E-state index contributed by atoms with van der Waals surface area (Å²) in [5.41, 5.74) is 0.0470. The second kappa shape index (κ2) is 5.83. The van der Waals surface area contributed by atoms with E-state index in [2.05, 4.69) is 12.2 Å². The maximum absolute atomic E-state index is 13.3. The Morgan fingerprint density at radius 3 is 2.94 bits per heavy atom. The third-order valence-corrected chi connectivity index (χ3v) is 2.93. The number of hydrogen-bond acceptors (Lipinski definition) is 3. The van der Waals surface area contributed by atoms with Gasteiger partial charge in [0.15, 0.2) is 0 Å². The molecular weight excluding hydrogens is 231 g/mol. The van der Waals surface area contributed by atoms with Crippen molar-refractivity contribution in [2.45, 2.75) is 25.8 Å². The van der Waals surface area contributed by atoms with Crippen LogP contribution in [0.2, 0.25) is 0 Å². The molecule has 1 fully saturated rings. The fourth-order valence-electron chi connectivity index (χ4n) is 1.63. The molecule has 1 unspecified atom stereocenters. The number of nitriles is 1. The summed E-state index contributed by atoms with van der Waals surface area (Å²) in [6.07, 6.45) is 2.54. The van der Waals surface area contributed by atoms with Gasteiger partial charge in [0.1, 0.15) is 17.6 Å². The van der Waals surface area contributed by atoms with E-state index in [1.54, 1.807) is 12.1 Å². The highest BCUT2D eigenvalue weighted by atomic mass is 19.1. The van der Waals surface area contributed by atoms with Crippen LogP contribution in [0.5, 0.6) is 5.75 Å². The number of ether oxygens (including phenoxy) is 1. The third kappa shape index (κ3) is 3.71. The van der Waals surface area contributed by atoms with Gasteiger partial charge in [0.25, 0.3) is 0 Å². The number of rotatable bonds is 6. The fraction of sp³-hybridized carbons (Fsp3) is 0.500. The van der Waals surface area contributed by atoms with Crippen LogP contribution in [0.4, 0.5) is 4.39 Å². The number of halogens is 1. The molecule has 1 atom stereocenters. The van der Waals surface area contributed by atoms with Crippen molar-refractivity contribution in [3.8, 4) is 11.8 Å². The zero-order valence-corrected chi connectivity index (χ0v) is 10.4. The lowest BCUT2D eigenvalue weighted by atomic mass is 10.2. The van der Waals surface area contributed by atoms with E-state index in [1.807, 2.05) is 0 Å². The highest BCUT2D eigenvalue weighted by molar-refractivity contribution is 5.36. The topological polar surface area (TPSA) is 45.0 Å². The summed E-state index contributed by atoms with van der Waals surface area (Å²) in [4.78, 5) is 0. The van der Waals surface area contributed by atoms with Gasteiger partial charge in [-0.15, -0.1) is 0 Å². The standard InChI is InChI=1S/C14H17FN2O/c1-10(8-17-12-3-4-12)9-18-13-5-2-11(7-16)14(15)6-13/h2,5-6,10,12,17H,3-4,8-9H2,1H3. The lowest BCUT2D eigenvalue weighted by Gasteiger charge is -2.13. The van der Waals surface area contributed by atoms with Crippen LogP contribution in [0.1, 0.15) is 25.3 Å². The van der Waals surface area contributed by atoms with Gasteiger partial charge in [-0.3, -0.25) is 0 Å². The molecule has 1 aliphatic rings. The Morgan fingerprint density at radius 2 is 2.33 bits per heavy atom. The number of nitrogens with one attached hydrogen (secondary N) is 1. The Balaban J connectivity index is 1.78. The minimum absolute atomic E-state index is 0.0470. The predicted molar refractivity (Wildman–Crippen MR) is 66.8 cm³/mol. The van der Waals surface area contributed by atoms with Crippen LogP contribution >= 0.6 is 0 Å². The van der Waals surface area contributed by atoms with Crippen LogP contribution in [-0.4, -0.2) is 19.2 Å². The van der Waals surface area contributed by atoms with E-state index < -0.39 is 5.82 Å². The lowest BCUT2D eigenvalue weighted by Crippen LogP contribution is -2.26. The van der Waals surface area contributed by atoms with E-state index >= 15 is 0 Å². The summed E-state index contributed by atoms with van der Waals surface area (Å²) in [5, 5.41) is 12.0. The second-order valence-electron chi connectivity index (χ2n) is 4.85. The summed E-state index contributed by atoms with van der Waals surface area (Å²) in [6, 6.07) is 6.81. The average Bonchev–Trinajstić information content (AvgIpc) is 3.18. The maximum Gasteiger partial charge on any atom is 0.144 e. The number of hydrogen-bond donors (Lipinski definition) is 1. The first kappa shape index (κ1) is 12.8. The van der Waals surface area contributed by atoms with E-state index in [0.717, 1.165) is 6.54 Å². The second-order valence-corrected chi connectivity index (χ2v) is 4.85. The summed E-state index contributed by atoms with van der Waals surface area (Å²) < 4.78 is 18.8. The fourth-order valence-corrected chi connectivity index (χ4v) is 1.63. The van der Waals surface area contributed by atoms with Crippen molar-refractivity contribution < 1.29 is 9.13 Å². The normalized spacial score (nSPS) is 16.1. The molecule has 0 bridgehead atoms. The van der Waals surface area contributed by atoms with Crippen molar-refractivity contribution in [1.82, 2.24) is 5.32 Å². The first-order valence-electron chi connectivity index (χ1n) is 6.25. The van der Waals surface area contributed by atoms with E-state index in [9.17, 15) is 4.39 Å². The molecule has 0 spiro atoms. The smallest absolute Gasteiger partial charge is 0.144 e. The Kier molecular flexibility index (Phi) is 4.16. The van der Waals surface area contributed by atoms with Crippen molar-refractivity contribution in [2.75, 3.05) is 13.2 Å². The van der Waals surface area contributed by atoms with Crippen LogP contribution in [0.15, 0.2) is 18.2 Å². The molecule has 3 nitrogen and oxygen atoms in total. The summed E-state index contributed by atoms with van der Waals surface area (Å²) in [6.45, 7) is 3.56. The molecule has 0 radical (unpaired) electrons. The monoisotopic (exact) mass is 248 g/mol. The van der Waals surface area contributed by atoms with Gasteiger partial charge in [-0.25, -0.2) is 4.39 Å². The van der Waals surface area contributed by atoms with Crippen molar-refractivity contribution >= 4 is 0 Å². The molecule has 1 aliphatic carbocycles. The minimum atomic E-state index is -0.529. The predicted octanol–water partition coefficient (Wildman–Crippen LogP) is 2.46. The Morgan fingerprint density at radius 1 is 1.56 bits per heavy atom. The van der Waals surface area contributed by atoms with Crippen molar-refractivity contribution in [1.29, 1.82) is 5.26 Å². The van der Waals surface area contributed by atoms with E-state index in [-0.39, 0.29) is 5.56 Å². The highest BCUT2D eigenvalue weighted by Gasteiger charge is 2.20. The minimum Gasteiger partial charge on any atom is -0.493 e. The van der Waals surface area contributed by atoms with Crippen LogP contribution in [0.3, 0.4) is 0 Å². The van der Waals surface area contributed by atoms with Crippen molar-refractivity contribution in [2.24, 2.45) is 5.92 Å². The molecule has 1 saturated carbocycles. The van der Waals surface area contributed by atoms with E-state index in [1.165, 1.54) is 25.0 Å². The molecule has 0 aromatic heterocycles. The Hall–Kier alpha value is -1.60. The van der Waals surface area contributed by atoms with Gasteiger partial charge >= 0.3 is 0 Å². The molecule has 1 aromatic rings. The van der Waals surface area contributed by atoms with Crippen LogP contribution < -0.4 is 10.1 Å². The highest BCUT2D eigenvalue weighted by Crippen LogP contribution is 2.19. The first-order valence-corrected chi connectivity index (χ1v) is 6.25. The summed E-state index contributed by atoms with van der Waals surface area (Å²) >= 11 is 0. The van der Waals surface area contributed by atoms with E-state index in [0.29, 0.717) is 24.3 Å². The number of benzene rings is 1. The zero-order valence-electron chi connectivity index (χ0n) is 10.4. The molecule has 4 heteroatoms. The van der Waals surface area contributed by atoms with Gasteiger partial charge < -0.3 is 10.1 Å². The quantitative estimate of drug-likeness (QED) is 0.841. The van der Waals surface area contributed by atoms with Crippen LogP contribution in [0, 0.1) is 23.1 Å². The molecule has 96 valence electrons. The molecule has 2 rings (SSSR count). The molecule has 1 N–H and O–H groups in total. The molecule has 0 heterocycles. The zero-order chi connectivity index (χ0) is 13.0. The molecule has 18 heavy (non-hydrogen) atoms. The van der Waals surface area contributed by atoms with Gasteiger partial charge in [-0.2, -0.15) is 5.26 Å². The van der Waals surface area contributed by atoms with Crippen LogP contribution in [-0.2, 0) is 0 Å². The Bertz CT molecular complexity index is 452. The molecule has 0 amide bonds.